The van der Waals surface area contributed by atoms with Crippen LogP contribution in [0.25, 0.3) is 0 Å². The fourth-order valence-corrected chi connectivity index (χ4v) is 2.25. The number of rotatable bonds is 4. The summed E-state index contributed by atoms with van der Waals surface area (Å²) in [6.07, 6.45) is 0.806. The van der Waals surface area contributed by atoms with Crippen LogP contribution in [0.3, 0.4) is 0 Å². The highest BCUT2D eigenvalue weighted by molar-refractivity contribution is 5.22. The van der Waals surface area contributed by atoms with E-state index in [1.165, 1.54) is 12.1 Å². The van der Waals surface area contributed by atoms with Gasteiger partial charge in [0.05, 0.1) is 6.04 Å². The van der Waals surface area contributed by atoms with Gasteiger partial charge in [-0.05, 0) is 38.0 Å². The van der Waals surface area contributed by atoms with Crippen molar-refractivity contribution in [3.8, 4) is 0 Å². The van der Waals surface area contributed by atoms with Crippen molar-refractivity contribution >= 4 is 0 Å². The van der Waals surface area contributed by atoms with Crippen molar-refractivity contribution in [3.63, 3.8) is 0 Å². The van der Waals surface area contributed by atoms with E-state index in [9.17, 15) is 4.39 Å². The van der Waals surface area contributed by atoms with Crippen molar-refractivity contribution in [2.75, 3.05) is 0 Å². The molecule has 2 N–H and O–H groups in total. The maximum Gasteiger partial charge on any atom is 0.147 e. The average molecular weight is 262 g/mol. The first kappa shape index (κ1) is 13.7. The van der Waals surface area contributed by atoms with Crippen LogP contribution in [0.1, 0.15) is 36.6 Å². The third-order valence-corrected chi connectivity index (χ3v) is 3.26. The number of aromatic nitrogens is 3. The van der Waals surface area contributed by atoms with Crippen LogP contribution in [0.2, 0.25) is 0 Å². The monoisotopic (exact) mass is 262 g/mol. The van der Waals surface area contributed by atoms with E-state index >= 15 is 0 Å². The highest BCUT2D eigenvalue weighted by Gasteiger charge is 2.23. The van der Waals surface area contributed by atoms with Crippen molar-refractivity contribution in [1.29, 1.82) is 0 Å². The zero-order chi connectivity index (χ0) is 14.0. The van der Waals surface area contributed by atoms with Gasteiger partial charge in [0.25, 0.3) is 0 Å². The Morgan fingerprint density at radius 2 is 1.89 bits per heavy atom. The van der Waals surface area contributed by atoms with Crippen LogP contribution in [0.4, 0.5) is 4.39 Å². The van der Waals surface area contributed by atoms with Crippen LogP contribution in [0, 0.1) is 19.7 Å². The Bertz CT molecular complexity index is 547. The van der Waals surface area contributed by atoms with E-state index in [-0.39, 0.29) is 17.9 Å². The summed E-state index contributed by atoms with van der Waals surface area (Å²) < 4.78 is 14.9. The minimum Gasteiger partial charge on any atom is -0.326 e. The maximum absolute atomic E-state index is 13.1. The molecule has 0 aliphatic heterocycles. The first-order chi connectivity index (χ1) is 9.02. The second-order valence-corrected chi connectivity index (χ2v) is 4.72. The lowest BCUT2D eigenvalue weighted by Gasteiger charge is -2.24. The Labute approximate surface area is 112 Å². The SMILES string of the molecule is CCC(N)C(c1ccc(F)cc1)n1nc(C)nc1C. The maximum atomic E-state index is 13.1. The van der Waals surface area contributed by atoms with Crippen molar-refractivity contribution in [2.45, 2.75) is 39.3 Å². The van der Waals surface area contributed by atoms with E-state index in [4.69, 9.17) is 5.73 Å². The van der Waals surface area contributed by atoms with Crippen molar-refractivity contribution in [1.82, 2.24) is 14.8 Å². The molecule has 2 rings (SSSR count). The summed E-state index contributed by atoms with van der Waals surface area (Å²) >= 11 is 0. The molecule has 0 saturated heterocycles. The number of hydrogen-bond donors (Lipinski definition) is 1. The topological polar surface area (TPSA) is 56.7 Å². The van der Waals surface area contributed by atoms with Crippen LogP contribution in [-0.2, 0) is 0 Å². The third kappa shape index (κ3) is 2.81. The van der Waals surface area contributed by atoms with Gasteiger partial charge in [0.1, 0.15) is 17.5 Å². The molecule has 0 saturated carbocycles. The van der Waals surface area contributed by atoms with E-state index in [1.807, 2.05) is 25.5 Å². The van der Waals surface area contributed by atoms with Crippen molar-refractivity contribution < 1.29 is 4.39 Å². The molecule has 0 amide bonds. The molecule has 0 radical (unpaired) electrons. The highest BCUT2D eigenvalue weighted by Crippen LogP contribution is 2.23. The Kier molecular flexibility index (Phi) is 3.95. The lowest BCUT2D eigenvalue weighted by molar-refractivity contribution is 0.414. The number of halogens is 1. The normalized spacial score (nSPS) is 14.4. The number of nitrogens with zero attached hydrogens (tertiary/aromatic N) is 3. The van der Waals surface area contributed by atoms with Crippen LogP contribution >= 0.6 is 0 Å². The molecule has 19 heavy (non-hydrogen) atoms. The number of nitrogens with two attached hydrogens (primary N) is 1. The number of benzene rings is 1. The summed E-state index contributed by atoms with van der Waals surface area (Å²) in [5, 5.41) is 4.41. The molecule has 5 heteroatoms. The molecule has 102 valence electrons. The number of hydrogen-bond acceptors (Lipinski definition) is 3. The molecule has 1 aromatic heterocycles. The van der Waals surface area contributed by atoms with Gasteiger partial charge in [0.15, 0.2) is 0 Å². The minimum absolute atomic E-state index is 0.0924. The second kappa shape index (κ2) is 5.48. The van der Waals surface area contributed by atoms with E-state index in [0.717, 1.165) is 17.8 Å². The Hall–Kier alpha value is -1.75. The van der Waals surface area contributed by atoms with Crippen molar-refractivity contribution in [2.24, 2.45) is 5.73 Å². The van der Waals surface area contributed by atoms with E-state index in [0.29, 0.717) is 5.82 Å². The first-order valence-electron chi connectivity index (χ1n) is 6.43. The van der Waals surface area contributed by atoms with Gasteiger partial charge in [-0.1, -0.05) is 19.1 Å². The van der Waals surface area contributed by atoms with Crippen molar-refractivity contribution in [3.05, 3.63) is 47.3 Å². The molecule has 0 aliphatic carbocycles. The third-order valence-electron chi connectivity index (χ3n) is 3.26. The van der Waals surface area contributed by atoms with Gasteiger partial charge in [-0.15, -0.1) is 0 Å². The summed E-state index contributed by atoms with van der Waals surface area (Å²) in [7, 11) is 0. The lowest BCUT2D eigenvalue weighted by atomic mass is 9.98. The molecular weight excluding hydrogens is 243 g/mol. The summed E-state index contributed by atoms with van der Waals surface area (Å²) in [6.45, 7) is 5.78. The van der Waals surface area contributed by atoms with E-state index in [2.05, 4.69) is 10.1 Å². The number of aryl methyl sites for hydroxylation is 2. The summed E-state index contributed by atoms with van der Waals surface area (Å²) in [5.41, 5.74) is 7.16. The average Bonchev–Trinajstić information content (AvgIpc) is 2.71. The zero-order valence-corrected chi connectivity index (χ0v) is 11.5. The molecule has 1 aromatic carbocycles. The molecule has 2 unspecified atom stereocenters. The standard InChI is InChI=1S/C14H19FN4/c1-4-13(16)14(11-5-7-12(15)8-6-11)19-10(3)17-9(2)18-19/h5-8,13-14H,4,16H2,1-3H3. The molecule has 2 aromatic rings. The molecule has 1 heterocycles. The molecule has 0 fully saturated rings. The molecule has 4 nitrogen and oxygen atoms in total. The molecular formula is C14H19FN4. The molecule has 2 atom stereocenters. The van der Waals surface area contributed by atoms with Gasteiger partial charge in [0, 0.05) is 6.04 Å². The van der Waals surface area contributed by atoms with Gasteiger partial charge >= 0.3 is 0 Å². The summed E-state index contributed by atoms with van der Waals surface area (Å²) in [4.78, 5) is 4.31. The Balaban J connectivity index is 2.47. The van der Waals surface area contributed by atoms with E-state index < -0.39 is 0 Å². The second-order valence-electron chi connectivity index (χ2n) is 4.72. The quantitative estimate of drug-likeness (QED) is 0.920. The Morgan fingerprint density at radius 1 is 1.26 bits per heavy atom. The first-order valence-corrected chi connectivity index (χ1v) is 6.43. The van der Waals surface area contributed by atoms with Gasteiger partial charge in [0.2, 0.25) is 0 Å². The van der Waals surface area contributed by atoms with Gasteiger partial charge in [-0.2, -0.15) is 5.10 Å². The smallest absolute Gasteiger partial charge is 0.147 e. The van der Waals surface area contributed by atoms with Crippen LogP contribution in [0.15, 0.2) is 24.3 Å². The molecule has 0 aliphatic rings. The lowest BCUT2D eigenvalue weighted by Crippen LogP contribution is -2.33. The summed E-state index contributed by atoms with van der Waals surface area (Å²) in [5.74, 6) is 1.28. The fraction of sp³-hybridized carbons (Fsp3) is 0.429. The predicted molar refractivity (Wildman–Crippen MR) is 72.3 cm³/mol. The summed E-state index contributed by atoms with van der Waals surface area (Å²) in [6, 6.07) is 6.20. The highest BCUT2D eigenvalue weighted by atomic mass is 19.1. The predicted octanol–water partition coefficient (Wildman–Crippen LogP) is 2.36. The van der Waals surface area contributed by atoms with Gasteiger partial charge < -0.3 is 5.73 Å². The van der Waals surface area contributed by atoms with Crippen LogP contribution in [-0.4, -0.2) is 20.8 Å². The van der Waals surface area contributed by atoms with E-state index in [1.54, 1.807) is 12.1 Å². The molecule has 0 bridgehead atoms. The van der Waals surface area contributed by atoms with Gasteiger partial charge in [-0.3, -0.25) is 0 Å². The largest absolute Gasteiger partial charge is 0.326 e. The molecule has 0 spiro atoms. The zero-order valence-electron chi connectivity index (χ0n) is 11.5. The minimum atomic E-state index is -0.251. The van der Waals surface area contributed by atoms with Crippen LogP contribution in [0.5, 0.6) is 0 Å². The fourth-order valence-electron chi connectivity index (χ4n) is 2.25. The van der Waals surface area contributed by atoms with Crippen LogP contribution < -0.4 is 5.73 Å². The Morgan fingerprint density at radius 3 is 2.37 bits per heavy atom. The van der Waals surface area contributed by atoms with Gasteiger partial charge in [-0.25, -0.2) is 14.1 Å².